The van der Waals surface area contributed by atoms with Crippen LogP contribution in [0.4, 0.5) is 13.2 Å². The Labute approximate surface area is 127 Å². The number of halogens is 3. The van der Waals surface area contributed by atoms with Crippen molar-refractivity contribution in [3.8, 4) is 0 Å². The molecule has 22 heavy (non-hydrogen) atoms. The van der Waals surface area contributed by atoms with Gasteiger partial charge in [0.05, 0.1) is 0 Å². The highest BCUT2D eigenvalue weighted by atomic mass is 19.4. The van der Waals surface area contributed by atoms with Crippen molar-refractivity contribution in [2.75, 3.05) is 13.1 Å². The smallest absolute Gasteiger partial charge is 0.329 e. The number of carbonyl (C=O) groups excluding carboxylic acids is 2. The largest absolute Gasteiger partial charge is 0.406 e. The van der Waals surface area contributed by atoms with Gasteiger partial charge in [-0.25, -0.2) is 0 Å². The summed E-state index contributed by atoms with van der Waals surface area (Å²) in [4.78, 5) is 24.7. The Bertz CT molecular complexity index is 592. The van der Waals surface area contributed by atoms with E-state index in [1.54, 1.807) is 13.0 Å². The summed E-state index contributed by atoms with van der Waals surface area (Å²) >= 11 is 0. The minimum atomic E-state index is -4.43. The summed E-state index contributed by atoms with van der Waals surface area (Å²) in [5.41, 5.74) is 1.19. The topological polar surface area (TPSA) is 37.4 Å². The Morgan fingerprint density at radius 1 is 1.27 bits per heavy atom. The normalized spacial score (nSPS) is 14.8. The first-order valence-electron chi connectivity index (χ1n) is 7.15. The zero-order valence-corrected chi connectivity index (χ0v) is 12.5. The lowest BCUT2D eigenvalue weighted by molar-refractivity contribution is -0.141. The van der Waals surface area contributed by atoms with Crippen LogP contribution in [0.15, 0.2) is 18.2 Å². The van der Waals surface area contributed by atoms with Crippen LogP contribution in [0.3, 0.4) is 0 Å². The number of rotatable bonds is 5. The average molecular weight is 313 g/mol. The predicted molar refractivity (Wildman–Crippen MR) is 75.9 cm³/mol. The number of carbonyl (C=O) groups is 2. The highest BCUT2D eigenvalue weighted by Gasteiger charge is 2.36. The molecule has 0 heterocycles. The number of Topliss-reactive ketones (excluding diaryl/α,β-unsaturated/α-hetero) is 1. The second kappa shape index (κ2) is 6.10. The number of hydrogen-bond donors (Lipinski definition) is 0. The molecule has 6 heteroatoms. The molecule has 3 nitrogen and oxygen atoms in total. The van der Waals surface area contributed by atoms with Crippen LogP contribution < -0.4 is 0 Å². The molecule has 0 aliphatic heterocycles. The number of alkyl halides is 3. The second-order valence-corrected chi connectivity index (χ2v) is 5.83. The van der Waals surface area contributed by atoms with E-state index in [-0.39, 0.29) is 23.8 Å². The molecule has 2 rings (SSSR count). The average Bonchev–Trinajstić information content (AvgIpc) is 3.19. The fourth-order valence-electron chi connectivity index (χ4n) is 2.36. The zero-order valence-electron chi connectivity index (χ0n) is 12.5. The van der Waals surface area contributed by atoms with Crippen molar-refractivity contribution in [3.63, 3.8) is 0 Å². The lowest BCUT2D eigenvalue weighted by atomic mass is 10.0. The van der Waals surface area contributed by atoms with Gasteiger partial charge in [-0.1, -0.05) is 6.07 Å². The monoisotopic (exact) mass is 313 g/mol. The molecule has 0 unspecified atom stereocenters. The Kier molecular flexibility index (Phi) is 4.58. The Hall–Kier alpha value is -1.85. The second-order valence-electron chi connectivity index (χ2n) is 5.83. The summed E-state index contributed by atoms with van der Waals surface area (Å²) in [5.74, 6) is -0.729. The molecule has 0 N–H and O–H groups in total. The molecule has 0 radical (unpaired) electrons. The number of nitrogens with zero attached hydrogens (tertiary/aromatic N) is 1. The SMILES string of the molecule is CC(=O)c1cc(C(=O)N(CC2CC2)CC(F)(F)F)ccc1C. The van der Waals surface area contributed by atoms with Crippen molar-refractivity contribution < 1.29 is 22.8 Å². The van der Waals surface area contributed by atoms with Crippen LogP contribution in [0.5, 0.6) is 0 Å². The van der Waals surface area contributed by atoms with Crippen LogP contribution in [0.25, 0.3) is 0 Å². The van der Waals surface area contributed by atoms with Gasteiger partial charge in [0.25, 0.3) is 5.91 Å². The summed E-state index contributed by atoms with van der Waals surface area (Å²) in [7, 11) is 0. The van der Waals surface area contributed by atoms with Gasteiger partial charge in [0.15, 0.2) is 5.78 Å². The van der Waals surface area contributed by atoms with Gasteiger partial charge in [0, 0.05) is 17.7 Å². The van der Waals surface area contributed by atoms with Crippen LogP contribution in [0.2, 0.25) is 0 Å². The van der Waals surface area contributed by atoms with E-state index < -0.39 is 18.6 Å². The van der Waals surface area contributed by atoms with Gasteiger partial charge in [-0.05, 0) is 50.3 Å². The summed E-state index contributed by atoms with van der Waals surface area (Å²) in [6.45, 7) is 1.95. The van der Waals surface area contributed by atoms with Crippen molar-refractivity contribution in [2.24, 2.45) is 5.92 Å². The molecule has 0 aromatic heterocycles. The number of aryl methyl sites for hydroxylation is 1. The third-order valence-corrected chi connectivity index (χ3v) is 3.70. The van der Waals surface area contributed by atoms with Crippen LogP contribution in [-0.4, -0.2) is 35.9 Å². The first kappa shape index (κ1) is 16.5. The van der Waals surface area contributed by atoms with Crippen molar-refractivity contribution in [1.82, 2.24) is 4.90 Å². The Balaban J connectivity index is 2.25. The fourth-order valence-corrected chi connectivity index (χ4v) is 2.36. The first-order valence-corrected chi connectivity index (χ1v) is 7.15. The van der Waals surface area contributed by atoms with Crippen molar-refractivity contribution in [1.29, 1.82) is 0 Å². The molecular formula is C16H18F3NO2. The molecule has 1 amide bonds. The third kappa shape index (κ3) is 4.32. The lowest BCUT2D eigenvalue weighted by Gasteiger charge is -2.24. The molecule has 1 aliphatic carbocycles. The van der Waals surface area contributed by atoms with Gasteiger partial charge in [-0.15, -0.1) is 0 Å². The maximum atomic E-state index is 12.7. The minimum absolute atomic E-state index is 0.113. The minimum Gasteiger partial charge on any atom is -0.329 e. The highest BCUT2D eigenvalue weighted by molar-refractivity contribution is 6.00. The van der Waals surface area contributed by atoms with Gasteiger partial charge >= 0.3 is 6.18 Å². The van der Waals surface area contributed by atoms with Gasteiger partial charge in [0.2, 0.25) is 0 Å². The quantitative estimate of drug-likeness (QED) is 0.779. The maximum absolute atomic E-state index is 12.7. The standard InChI is InChI=1S/C16H18F3NO2/c1-10-3-6-13(7-14(10)11(2)21)15(22)20(8-12-4-5-12)9-16(17,18)19/h3,6-7,12H,4-5,8-9H2,1-2H3. The molecule has 0 atom stereocenters. The molecule has 120 valence electrons. The van der Waals surface area contributed by atoms with Gasteiger partial charge < -0.3 is 4.90 Å². The Morgan fingerprint density at radius 2 is 1.91 bits per heavy atom. The van der Waals surface area contributed by atoms with Gasteiger partial charge in [-0.3, -0.25) is 9.59 Å². The van der Waals surface area contributed by atoms with Crippen LogP contribution in [0, 0.1) is 12.8 Å². The van der Waals surface area contributed by atoms with Gasteiger partial charge in [-0.2, -0.15) is 13.2 Å². The highest BCUT2D eigenvalue weighted by Crippen LogP contribution is 2.31. The number of benzene rings is 1. The van der Waals surface area contributed by atoms with Crippen molar-refractivity contribution in [2.45, 2.75) is 32.9 Å². The van der Waals surface area contributed by atoms with Crippen LogP contribution in [-0.2, 0) is 0 Å². The summed E-state index contributed by atoms with van der Waals surface area (Å²) in [6, 6.07) is 4.45. The molecule has 1 saturated carbocycles. The molecule has 1 aromatic rings. The first-order chi connectivity index (χ1) is 10.2. The van der Waals surface area contributed by atoms with E-state index >= 15 is 0 Å². The molecule has 1 aliphatic rings. The number of amides is 1. The molecule has 0 saturated heterocycles. The van der Waals surface area contributed by atoms with E-state index in [9.17, 15) is 22.8 Å². The van der Waals surface area contributed by atoms with Gasteiger partial charge in [0.1, 0.15) is 6.54 Å². The van der Waals surface area contributed by atoms with E-state index in [2.05, 4.69) is 0 Å². The van der Waals surface area contributed by atoms with Crippen LogP contribution in [0.1, 0.15) is 46.0 Å². The van der Waals surface area contributed by atoms with E-state index in [0.717, 1.165) is 17.7 Å². The van der Waals surface area contributed by atoms with E-state index in [4.69, 9.17) is 0 Å². The predicted octanol–water partition coefficient (Wildman–Crippen LogP) is 3.61. The van der Waals surface area contributed by atoms with E-state index in [0.29, 0.717) is 11.1 Å². The Morgan fingerprint density at radius 3 is 2.41 bits per heavy atom. The summed E-state index contributed by atoms with van der Waals surface area (Å²) < 4.78 is 38.0. The van der Waals surface area contributed by atoms with E-state index in [1.807, 2.05) is 0 Å². The zero-order chi connectivity index (χ0) is 16.5. The molecule has 0 bridgehead atoms. The summed E-state index contributed by atoms with van der Waals surface area (Å²) in [6.07, 6.45) is -2.72. The van der Waals surface area contributed by atoms with E-state index in [1.165, 1.54) is 19.1 Å². The summed E-state index contributed by atoms with van der Waals surface area (Å²) in [5, 5.41) is 0. The van der Waals surface area contributed by atoms with Crippen LogP contribution >= 0.6 is 0 Å². The number of hydrogen-bond acceptors (Lipinski definition) is 2. The number of ketones is 1. The molecule has 1 fully saturated rings. The maximum Gasteiger partial charge on any atom is 0.406 e. The van der Waals surface area contributed by atoms with Crippen molar-refractivity contribution in [3.05, 3.63) is 34.9 Å². The third-order valence-electron chi connectivity index (χ3n) is 3.70. The van der Waals surface area contributed by atoms with Crippen molar-refractivity contribution >= 4 is 11.7 Å². The molecular weight excluding hydrogens is 295 g/mol. The lowest BCUT2D eigenvalue weighted by Crippen LogP contribution is -2.40. The fraction of sp³-hybridized carbons (Fsp3) is 0.500. The molecule has 1 aromatic carbocycles. The molecule has 0 spiro atoms.